The van der Waals surface area contributed by atoms with E-state index in [0.29, 0.717) is 30.8 Å². The van der Waals surface area contributed by atoms with Crippen LogP contribution in [-0.2, 0) is 14.8 Å². The van der Waals surface area contributed by atoms with Crippen molar-refractivity contribution in [1.29, 1.82) is 0 Å². The van der Waals surface area contributed by atoms with Gasteiger partial charge in [-0.15, -0.1) is 0 Å². The normalized spacial score (nSPS) is 18.1. The van der Waals surface area contributed by atoms with E-state index >= 15 is 0 Å². The van der Waals surface area contributed by atoms with Crippen LogP contribution in [0.2, 0.25) is 0 Å². The van der Waals surface area contributed by atoms with Gasteiger partial charge in [-0.3, -0.25) is 4.79 Å². The van der Waals surface area contributed by atoms with Crippen molar-refractivity contribution in [2.45, 2.75) is 17.7 Å². The molecular weight excluding hydrogens is 432 g/mol. The number of nitrogens with zero attached hydrogens (tertiary/aromatic N) is 1. The summed E-state index contributed by atoms with van der Waals surface area (Å²) in [4.78, 5) is 12.8. The van der Waals surface area contributed by atoms with Crippen molar-refractivity contribution < 1.29 is 17.9 Å². The first-order valence-electron chi connectivity index (χ1n) is 8.61. The van der Waals surface area contributed by atoms with Gasteiger partial charge in [0.1, 0.15) is 5.75 Å². The Hall–Kier alpha value is -1.90. The highest BCUT2D eigenvalue weighted by Gasteiger charge is 2.33. The number of ether oxygens (including phenoxy) is 1. The van der Waals surface area contributed by atoms with E-state index < -0.39 is 10.0 Å². The maximum atomic E-state index is 12.9. The van der Waals surface area contributed by atoms with Gasteiger partial charge in [-0.1, -0.05) is 22.0 Å². The lowest BCUT2D eigenvalue weighted by Gasteiger charge is -2.31. The van der Waals surface area contributed by atoms with Gasteiger partial charge in [0.05, 0.1) is 17.9 Å². The largest absolute Gasteiger partial charge is 0.497 e. The molecule has 1 saturated heterocycles. The van der Waals surface area contributed by atoms with E-state index in [1.807, 2.05) is 18.2 Å². The third kappa shape index (κ3) is 4.69. The number of carbonyl (C=O) groups is 1. The highest BCUT2D eigenvalue weighted by Crippen LogP contribution is 2.26. The van der Waals surface area contributed by atoms with Crippen molar-refractivity contribution in [3.8, 4) is 5.75 Å². The third-order valence-electron chi connectivity index (χ3n) is 4.54. The van der Waals surface area contributed by atoms with Gasteiger partial charge in [-0.2, -0.15) is 4.31 Å². The molecule has 0 bridgehead atoms. The molecular formula is C19H21BrN2O4S. The van der Waals surface area contributed by atoms with Crippen molar-refractivity contribution >= 4 is 37.5 Å². The van der Waals surface area contributed by atoms with E-state index in [-0.39, 0.29) is 23.3 Å². The smallest absolute Gasteiger partial charge is 0.243 e. The molecule has 0 spiro atoms. The minimum absolute atomic E-state index is 0.164. The maximum absolute atomic E-state index is 12.9. The van der Waals surface area contributed by atoms with Gasteiger partial charge in [0.25, 0.3) is 0 Å². The van der Waals surface area contributed by atoms with Crippen LogP contribution in [0.4, 0.5) is 5.69 Å². The number of halogens is 1. The number of carbonyl (C=O) groups excluding carboxylic acids is 1. The van der Waals surface area contributed by atoms with Crippen LogP contribution < -0.4 is 10.1 Å². The Morgan fingerprint density at radius 2 is 1.96 bits per heavy atom. The molecule has 6 nitrogen and oxygen atoms in total. The number of sulfonamides is 1. The minimum Gasteiger partial charge on any atom is -0.497 e. The number of benzene rings is 2. The Bertz CT molecular complexity index is 916. The molecule has 2 aromatic rings. The summed E-state index contributed by atoms with van der Waals surface area (Å²) in [6.07, 6.45) is 1.31. The van der Waals surface area contributed by atoms with Gasteiger partial charge in [0.2, 0.25) is 15.9 Å². The Morgan fingerprint density at radius 3 is 2.63 bits per heavy atom. The Kier molecular flexibility index (Phi) is 6.18. The zero-order valence-corrected chi connectivity index (χ0v) is 17.3. The van der Waals surface area contributed by atoms with E-state index in [9.17, 15) is 13.2 Å². The average Bonchev–Trinajstić information content (AvgIpc) is 2.68. The lowest BCUT2D eigenvalue weighted by Crippen LogP contribution is -2.43. The molecule has 8 heteroatoms. The summed E-state index contributed by atoms with van der Waals surface area (Å²) in [6, 6.07) is 13.6. The lowest BCUT2D eigenvalue weighted by molar-refractivity contribution is -0.120. The first-order chi connectivity index (χ1) is 12.9. The lowest BCUT2D eigenvalue weighted by atomic mass is 9.99. The molecule has 0 unspecified atom stereocenters. The number of piperidine rings is 1. The number of amides is 1. The first kappa shape index (κ1) is 19.9. The zero-order chi connectivity index (χ0) is 19.4. The maximum Gasteiger partial charge on any atom is 0.243 e. The second-order valence-corrected chi connectivity index (χ2v) is 9.23. The molecule has 1 N–H and O–H groups in total. The molecule has 27 heavy (non-hydrogen) atoms. The van der Waals surface area contributed by atoms with Gasteiger partial charge < -0.3 is 10.1 Å². The summed E-state index contributed by atoms with van der Waals surface area (Å²) < 4.78 is 33.1. The summed E-state index contributed by atoms with van der Waals surface area (Å²) in [5.41, 5.74) is 0.685. The Balaban J connectivity index is 1.71. The van der Waals surface area contributed by atoms with E-state index in [2.05, 4.69) is 21.2 Å². The fraction of sp³-hybridized carbons (Fsp3) is 0.316. The predicted octanol–water partition coefficient (Wildman–Crippen LogP) is 3.50. The molecule has 1 amide bonds. The van der Waals surface area contributed by atoms with Crippen molar-refractivity contribution in [3.63, 3.8) is 0 Å². The molecule has 0 aliphatic carbocycles. The van der Waals surface area contributed by atoms with Crippen LogP contribution >= 0.6 is 15.9 Å². The second kappa shape index (κ2) is 8.41. The predicted molar refractivity (Wildman–Crippen MR) is 107 cm³/mol. The highest BCUT2D eigenvalue weighted by atomic mass is 79.9. The topological polar surface area (TPSA) is 75.7 Å². The zero-order valence-electron chi connectivity index (χ0n) is 14.9. The third-order valence-corrected chi connectivity index (χ3v) is 6.92. The molecule has 1 fully saturated rings. The molecule has 1 atom stereocenters. The fourth-order valence-corrected chi connectivity index (χ4v) is 5.01. The molecule has 1 aliphatic heterocycles. The summed E-state index contributed by atoms with van der Waals surface area (Å²) in [7, 11) is -2.11. The second-order valence-electron chi connectivity index (χ2n) is 6.38. The van der Waals surface area contributed by atoms with Crippen LogP contribution in [0, 0.1) is 5.92 Å². The van der Waals surface area contributed by atoms with Crippen molar-refractivity contribution in [2.24, 2.45) is 5.92 Å². The Morgan fingerprint density at radius 1 is 1.22 bits per heavy atom. The van der Waals surface area contributed by atoms with Crippen LogP contribution in [0.15, 0.2) is 57.9 Å². The van der Waals surface area contributed by atoms with Crippen LogP contribution in [0.1, 0.15) is 12.8 Å². The number of rotatable bonds is 5. The van der Waals surface area contributed by atoms with Crippen LogP contribution in [-0.4, -0.2) is 38.8 Å². The average molecular weight is 453 g/mol. The summed E-state index contributed by atoms with van der Waals surface area (Å²) in [5.74, 6) is 0.0485. The molecule has 1 aliphatic rings. The quantitative estimate of drug-likeness (QED) is 0.752. The number of nitrogens with one attached hydrogen (secondary N) is 1. The van der Waals surface area contributed by atoms with Crippen LogP contribution in [0.5, 0.6) is 5.75 Å². The fourth-order valence-electron chi connectivity index (χ4n) is 3.08. The summed E-state index contributed by atoms with van der Waals surface area (Å²) >= 11 is 3.37. The molecule has 3 rings (SSSR count). The van der Waals surface area contributed by atoms with Crippen molar-refractivity contribution in [1.82, 2.24) is 4.31 Å². The van der Waals surface area contributed by atoms with Gasteiger partial charge >= 0.3 is 0 Å². The van der Waals surface area contributed by atoms with Gasteiger partial charge in [0, 0.05) is 23.2 Å². The van der Waals surface area contributed by atoms with Gasteiger partial charge in [-0.25, -0.2) is 8.42 Å². The van der Waals surface area contributed by atoms with Gasteiger partial charge in [0.15, 0.2) is 0 Å². The van der Waals surface area contributed by atoms with Crippen molar-refractivity contribution in [2.75, 3.05) is 25.5 Å². The SMILES string of the molecule is COc1ccc(S(=O)(=O)N2CCC[C@@H](C(=O)Nc3cccc(Br)c3)C2)cc1. The number of hydrogen-bond donors (Lipinski definition) is 1. The molecule has 0 aromatic heterocycles. The van der Waals surface area contributed by atoms with Crippen molar-refractivity contribution in [3.05, 3.63) is 53.0 Å². The minimum atomic E-state index is -3.64. The van der Waals surface area contributed by atoms with E-state index in [4.69, 9.17) is 4.74 Å². The number of methoxy groups -OCH3 is 1. The number of anilines is 1. The first-order valence-corrected chi connectivity index (χ1v) is 10.8. The molecule has 144 valence electrons. The van der Waals surface area contributed by atoms with E-state index in [0.717, 1.165) is 4.47 Å². The summed E-state index contributed by atoms with van der Waals surface area (Å²) in [5, 5.41) is 2.87. The van der Waals surface area contributed by atoms with E-state index in [1.165, 1.54) is 23.5 Å². The van der Waals surface area contributed by atoms with Crippen LogP contribution in [0.25, 0.3) is 0 Å². The summed E-state index contributed by atoms with van der Waals surface area (Å²) in [6.45, 7) is 0.587. The number of hydrogen-bond acceptors (Lipinski definition) is 4. The van der Waals surface area contributed by atoms with E-state index in [1.54, 1.807) is 18.2 Å². The highest BCUT2D eigenvalue weighted by molar-refractivity contribution is 9.10. The van der Waals surface area contributed by atoms with Gasteiger partial charge in [-0.05, 0) is 55.3 Å². The van der Waals surface area contributed by atoms with Crippen LogP contribution in [0.3, 0.4) is 0 Å². The standard InChI is InChI=1S/C19H21BrN2O4S/c1-26-17-7-9-18(10-8-17)27(24,25)22-11-3-4-14(13-22)19(23)21-16-6-2-5-15(20)12-16/h2,5-10,12,14H,3-4,11,13H2,1H3,(H,21,23)/t14-/m1/s1. The molecule has 2 aromatic carbocycles. The Labute approximate surface area is 167 Å². The molecule has 0 radical (unpaired) electrons. The monoisotopic (exact) mass is 452 g/mol. The molecule has 0 saturated carbocycles. The molecule has 1 heterocycles.